The summed E-state index contributed by atoms with van der Waals surface area (Å²) in [7, 11) is 0. The van der Waals surface area contributed by atoms with Gasteiger partial charge in [-0.1, -0.05) is 48.6 Å². The molecule has 0 unspecified atom stereocenters. The van der Waals surface area contributed by atoms with Gasteiger partial charge in [-0.3, -0.25) is 0 Å². The highest BCUT2D eigenvalue weighted by Crippen LogP contribution is 2.04. The first-order chi connectivity index (χ1) is 6.70. The van der Waals surface area contributed by atoms with E-state index >= 15 is 0 Å². The van der Waals surface area contributed by atoms with Crippen molar-refractivity contribution in [3.05, 3.63) is 46.8 Å². The van der Waals surface area contributed by atoms with Gasteiger partial charge in [0.1, 0.15) is 0 Å². The Labute approximate surface area is 84.2 Å². The molecule has 0 nitrogen and oxygen atoms in total. The van der Waals surface area contributed by atoms with E-state index in [4.69, 9.17) is 0 Å². The number of fused-ring (bicyclic) bond motifs is 1. The Morgan fingerprint density at radius 1 is 0.929 bits per heavy atom. The zero-order valence-corrected chi connectivity index (χ0v) is 8.67. The van der Waals surface area contributed by atoms with Crippen molar-refractivity contribution >= 4 is 22.9 Å². The molecule has 0 aliphatic rings. The second-order valence-electron chi connectivity index (χ2n) is 3.82. The lowest BCUT2D eigenvalue weighted by Gasteiger charge is -2.00. The summed E-state index contributed by atoms with van der Waals surface area (Å²) in [5, 5.41) is 4.99. The molecular weight excluding hydrogens is 168 g/mol. The fraction of sp³-hybridized carbons (Fsp3) is 0.143. The van der Waals surface area contributed by atoms with Crippen LogP contribution in [0.3, 0.4) is 0 Å². The molecule has 0 aromatic heterocycles. The summed E-state index contributed by atoms with van der Waals surface area (Å²) in [4.78, 5) is 0. The summed E-state index contributed by atoms with van der Waals surface area (Å²) >= 11 is 0. The summed E-state index contributed by atoms with van der Waals surface area (Å²) in [5.41, 5.74) is 1.35. The van der Waals surface area contributed by atoms with Gasteiger partial charge in [-0.15, -0.1) is 0 Å². The van der Waals surface area contributed by atoms with Crippen LogP contribution >= 0.6 is 0 Å². The molecule has 0 bridgehead atoms. The van der Waals surface area contributed by atoms with Gasteiger partial charge in [0, 0.05) is 0 Å². The van der Waals surface area contributed by atoms with E-state index < -0.39 is 0 Å². The molecular formula is C14H14. The molecule has 0 fully saturated rings. The van der Waals surface area contributed by atoms with E-state index in [0.29, 0.717) is 0 Å². The predicted octanol–water partition coefficient (Wildman–Crippen LogP) is 2.44. The van der Waals surface area contributed by atoms with Crippen LogP contribution in [0.25, 0.3) is 22.9 Å². The molecule has 14 heavy (non-hydrogen) atoms. The number of hydrogen-bond donors (Lipinski definition) is 0. The maximum Gasteiger partial charge on any atom is -0.0106 e. The fourth-order valence-corrected chi connectivity index (χ4v) is 1.80. The quantitative estimate of drug-likeness (QED) is 0.587. The summed E-state index contributed by atoms with van der Waals surface area (Å²) in [6.45, 7) is 8.33. The molecule has 0 aliphatic heterocycles. The minimum absolute atomic E-state index is 1.10. The van der Waals surface area contributed by atoms with Crippen LogP contribution in [0.15, 0.2) is 36.4 Å². The maximum atomic E-state index is 4.04. The number of benzene rings is 2. The Kier molecular flexibility index (Phi) is 2.12. The zero-order valence-electron chi connectivity index (χ0n) is 8.67. The van der Waals surface area contributed by atoms with Crippen LogP contribution in [-0.4, -0.2) is 0 Å². The molecule has 2 aromatic rings. The van der Waals surface area contributed by atoms with Crippen LogP contribution in [0, 0.1) is 0 Å². The molecule has 0 heteroatoms. The topological polar surface area (TPSA) is 0 Å². The average Bonchev–Trinajstić information content (AvgIpc) is 2.18. The first-order valence-electron chi connectivity index (χ1n) is 4.84. The summed E-state index contributed by atoms with van der Waals surface area (Å²) in [6.07, 6.45) is 0. The third-order valence-corrected chi connectivity index (χ3v) is 2.55. The van der Waals surface area contributed by atoms with Crippen LogP contribution in [0.2, 0.25) is 0 Å². The Balaban J connectivity index is 3.13. The van der Waals surface area contributed by atoms with Crippen LogP contribution in [0.4, 0.5) is 0 Å². The summed E-state index contributed by atoms with van der Waals surface area (Å²) in [5.74, 6) is 0. The first kappa shape index (κ1) is 9.01. The van der Waals surface area contributed by atoms with Crippen molar-refractivity contribution in [2.45, 2.75) is 13.8 Å². The SMILES string of the molecule is C=c1ccc(=C(C)C)c2ccccc12. The molecule has 0 aliphatic carbocycles. The highest BCUT2D eigenvalue weighted by molar-refractivity contribution is 5.84. The van der Waals surface area contributed by atoms with Crippen LogP contribution < -0.4 is 10.4 Å². The number of rotatable bonds is 0. The summed E-state index contributed by atoms with van der Waals surface area (Å²) in [6, 6.07) is 12.7. The number of hydrogen-bond acceptors (Lipinski definition) is 0. The third kappa shape index (κ3) is 1.33. The van der Waals surface area contributed by atoms with Crippen LogP contribution in [-0.2, 0) is 0 Å². The molecule has 0 atom stereocenters. The van der Waals surface area contributed by atoms with Crippen molar-refractivity contribution < 1.29 is 0 Å². The molecule has 0 heterocycles. The van der Waals surface area contributed by atoms with Crippen molar-refractivity contribution in [2.24, 2.45) is 0 Å². The van der Waals surface area contributed by atoms with E-state index in [0.717, 1.165) is 5.22 Å². The zero-order chi connectivity index (χ0) is 10.1. The van der Waals surface area contributed by atoms with Gasteiger partial charge in [0.2, 0.25) is 0 Å². The van der Waals surface area contributed by atoms with Crippen molar-refractivity contribution in [2.75, 3.05) is 0 Å². The Morgan fingerprint density at radius 2 is 1.57 bits per heavy atom. The van der Waals surface area contributed by atoms with E-state index in [1.54, 1.807) is 0 Å². The molecule has 2 aromatic carbocycles. The highest BCUT2D eigenvalue weighted by atomic mass is 14.0. The molecule has 0 saturated heterocycles. The normalized spacial score (nSPS) is 10.4. The van der Waals surface area contributed by atoms with Gasteiger partial charge in [0.15, 0.2) is 0 Å². The second-order valence-corrected chi connectivity index (χ2v) is 3.82. The minimum Gasteiger partial charge on any atom is -0.0911 e. The Morgan fingerprint density at radius 3 is 2.21 bits per heavy atom. The summed E-state index contributed by atoms with van der Waals surface area (Å²) < 4.78 is 0. The van der Waals surface area contributed by atoms with E-state index in [9.17, 15) is 0 Å². The molecule has 0 radical (unpaired) electrons. The standard InChI is InChI=1S/C14H14/c1-10(2)12-9-8-11(3)13-6-4-5-7-14(12)13/h4-9H,3H2,1-2H3. The average molecular weight is 182 g/mol. The van der Waals surface area contributed by atoms with Crippen molar-refractivity contribution in [1.82, 2.24) is 0 Å². The second kappa shape index (κ2) is 3.30. The molecule has 70 valence electrons. The molecule has 0 spiro atoms. The minimum atomic E-state index is 1.10. The molecule has 0 amide bonds. The molecule has 2 rings (SSSR count). The lowest BCUT2D eigenvalue weighted by Crippen LogP contribution is -2.11. The predicted molar refractivity (Wildman–Crippen MR) is 63.5 cm³/mol. The van der Waals surface area contributed by atoms with Gasteiger partial charge in [0.25, 0.3) is 0 Å². The lowest BCUT2D eigenvalue weighted by atomic mass is 10.0. The van der Waals surface area contributed by atoms with Gasteiger partial charge in [-0.2, -0.15) is 0 Å². The van der Waals surface area contributed by atoms with Crippen molar-refractivity contribution in [3.8, 4) is 0 Å². The largest absolute Gasteiger partial charge is 0.0911 e. The van der Waals surface area contributed by atoms with Gasteiger partial charge >= 0.3 is 0 Å². The van der Waals surface area contributed by atoms with Crippen molar-refractivity contribution in [3.63, 3.8) is 0 Å². The smallest absolute Gasteiger partial charge is 0.0106 e. The monoisotopic (exact) mass is 182 g/mol. The van der Waals surface area contributed by atoms with Crippen LogP contribution in [0.1, 0.15) is 13.8 Å². The van der Waals surface area contributed by atoms with Gasteiger partial charge in [0.05, 0.1) is 0 Å². The van der Waals surface area contributed by atoms with Crippen molar-refractivity contribution in [1.29, 1.82) is 0 Å². The van der Waals surface area contributed by atoms with Gasteiger partial charge < -0.3 is 0 Å². The third-order valence-electron chi connectivity index (χ3n) is 2.55. The van der Waals surface area contributed by atoms with Gasteiger partial charge in [-0.25, -0.2) is 0 Å². The maximum absolute atomic E-state index is 4.04. The first-order valence-corrected chi connectivity index (χ1v) is 4.84. The van der Waals surface area contributed by atoms with E-state index in [1.807, 2.05) is 0 Å². The van der Waals surface area contributed by atoms with E-state index in [2.05, 4.69) is 56.8 Å². The van der Waals surface area contributed by atoms with Gasteiger partial charge in [-0.05, 0) is 35.1 Å². The molecule has 0 N–H and O–H groups in total. The highest BCUT2D eigenvalue weighted by Gasteiger charge is 1.95. The Bertz CT molecular complexity index is 573. The fourth-order valence-electron chi connectivity index (χ4n) is 1.80. The lowest BCUT2D eigenvalue weighted by molar-refractivity contribution is 1.52. The van der Waals surface area contributed by atoms with Crippen LogP contribution in [0.5, 0.6) is 0 Å². The molecule has 0 saturated carbocycles. The Hall–Kier alpha value is -1.56. The van der Waals surface area contributed by atoms with E-state index in [-0.39, 0.29) is 0 Å². The van der Waals surface area contributed by atoms with E-state index in [1.165, 1.54) is 21.6 Å².